The van der Waals surface area contributed by atoms with E-state index in [1.165, 1.54) is 6.20 Å². The van der Waals surface area contributed by atoms with Crippen molar-refractivity contribution in [1.29, 1.82) is 0 Å². The number of hydrogen-bond acceptors (Lipinski definition) is 3. The van der Waals surface area contributed by atoms with Gasteiger partial charge < -0.3 is 10.2 Å². The van der Waals surface area contributed by atoms with Crippen LogP contribution in [0.2, 0.25) is 0 Å². The van der Waals surface area contributed by atoms with Gasteiger partial charge in [-0.15, -0.1) is 0 Å². The van der Waals surface area contributed by atoms with Crippen molar-refractivity contribution in [2.75, 3.05) is 6.61 Å². The Kier molecular flexibility index (Phi) is 2.83. The largest absolute Gasteiger partial charge is 0.478 e. The highest BCUT2D eigenvalue weighted by Gasteiger charge is 2.20. The fourth-order valence-electron chi connectivity index (χ4n) is 1.67. The molecule has 16 heavy (non-hydrogen) atoms. The van der Waals surface area contributed by atoms with Crippen molar-refractivity contribution < 1.29 is 15.0 Å². The highest BCUT2D eigenvalue weighted by Crippen LogP contribution is 2.24. The fraction of sp³-hybridized carbons (Fsp3) is 0.167. The van der Waals surface area contributed by atoms with Gasteiger partial charge in [0.1, 0.15) is 0 Å². The molecule has 1 aliphatic carbocycles. The van der Waals surface area contributed by atoms with Gasteiger partial charge in [0.05, 0.1) is 17.9 Å². The van der Waals surface area contributed by atoms with E-state index >= 15 is 0 Å². The van der Waals surface area contributed by atoms with Crippen LogP contribution in [0.1, 0.15) is 6.42 Å². The molecule has 4 nitrogen and oxygen atoms in total. The van der Waals surface area contributed by atoms with Crippen LogP contribution >= 0.6 is 0 Å². The average molecular weight is 217 g/mol. The molecule has 0 fully saturated rings. The number of rotatable bonds is 2. The van der Waals surface area contributed by atoms with Crippen LogP contribution < -0.4 is 0 Å². The molecule has 1 heterocycles. The molecule has 2 aliphatic rings. The molecule has 0 spiro atoms. The summed E-state index contributed by atoms with van der Waals surface area (Å²) in [5.41, 5.74) is 2.48. The van der Waals surface area contributed by atoms with Gasteiger partial charge in [-0.25, -0.2) is 4.79 Å². The van der Waals surface area contributed by atoms with E-state index in [4.69, 9.17) is 5.11 Å². The van der Waals surface area contributed by atoms with Crippen LogP contribution in [0.5, 0.6) is 0 Å². The number of aliphatic hydroxyl groups excluding tert-OH is 1. The number of allylic oxidation sites excluding steroid dienone is 5. The summed E-state index contributed by atoms with van der Waals surface area (Å²) in [6.07, 6.45) is 8.92. The van der Waals surface area contributed by atoms with Crippen molar-refractivity contribution >= 4 is 11.7 Å². The lowest BCUT2D eigenvalue weighted by atomic mass is 9.95. The Morgan fingerprint density at radius 2 is 2.12 bits per heavy atom. The number of aliphatic imine (C=N–C) groups is 1. The number of nitrogens with zero attached hydrogens (tertiary/aromatic N) is 1. The normalized spacial score (nSPS) is 18.8. The fourth-order valence-corrected chi connectivity index (χ4v) is 1.67. The minimum atomic E-state index is -0.952. The average Bonchev–Trinajstić information content (AvgIpc) is 2.49. The highest BCUT2D eigenvalue weighted by molar-refractivity contribution is 6.15. The van der Waals surface area contributed by atoms with E-state index in [2.05, 4.69) is 4.99 Å². The molecule has 1 aliphatic heterocycles. The summed E-state index contributed by atoms with van der Waals surface area (Å²) in [6, 6.07) is 0. The zero-order chi connectivity index (χ0) is 11.5. The lowest BCUT2D eigenvalue weighted by Gasteiger charge is -2.15. The van der Waals surface area contributed by atoms with Gasteiger partial charge in [-0.1, -0.05) is 24.3 Å². The molecule has 4 heteroatoms. The van der Waals surface area contributed by atoms with Crippen LogP contribution in [0.4, 0.5) is 0 Å². The van der Waals surface area contributed by atoms with Crippen molar-refractivity contribution in [3.8, 4) is 0 Å². The summed E-state index contributed by atoms with van der Waals surface area (Å²) < 4.78 is 0. The molecule has 82 valence electrons. The maximum atomic E-state index is 10.8. The van der Waals surface area contributed by atoms with Gasteiger partial charge in [0, 0.05) is 18.2 Å². The summed E-state index contributed by atoms with van der Waals surface area (Å²) in [4.78, 5) is 14.9. The molecule has 0 radical (unpaired) electrons. The predicted molar refractivity (Wildman–Crippen MR) is 60.2 cm³/mol. The first-order valence-electron chi connectivity index (χ1n) is 4.90. The molecule has 2 N–H and O–H groups in total. The molecule has 0 unspecified atom stereocenters. The second kappa shape index (κ2) is 4.28. The highest BCUT2D eigenvalue weighted by atomic mass is 16.4. The van der Waals surface area contributed by atoms with Gasteiger partial charge in [0.2, 0.25) is 0 Å². The number of aliphatic hydroxyl groups is 1. The smallest absolute Gasteiger partial charge is 0.333 e. The Hall–Kier alpha value is -1.94. The van der Waals surface area contributed by atoms with Gasteiger partial charge in [0.15, 0.2) is 0 Å². The monoisotopic (exact) mass is 217 g/mol. The Morgan fingerprint density at radius 1 is 1.38 bits per heavy atom. The van der Waals surface area contributed by atoms with E-state index in [-0.39, 0.29) is 12.2 Å². The number of carboxylic acids is 1. The Labute approximate surface area is 92.6 Å². The van der Waals surface area contributed by atoms with Crippen LogP contribution in [0.3, 0.4) is 0 Å². The van der Waals surface area contributed by atoms with Crippen LogP contribution in [-0.4, -0.2) is 28.5 Å². The number of carbonyl (C=O) groups is 1. The molecular formula is C12H11NO3. The minimum Gasteiger partial charge on any atom is -0.478 e. The summed E-state index contributed by atoms with van der Waals surface area (Å²) in [7, 11) is 0. The summed E-state index contributed by atoms with van der Waals surface area (Å²) in [5, 5.41) is 18.1. The number of aliphatic carboxylic acids is 1. The van der Waals surface area contributed by atoms with E-state index in [0.29, 0.717) is 17.7 Å². The molecular weight excluding hydrogens is 206 g/mol. The maximum absolute atomic E-state index is 10.8. The first-order valence-corrected chi connectivity index (χ1v) is 4.90. The van der Waals surface area contributed by atoms with Crippen LogP contribution in [0, 0.1) is 0 Å². The van der Waals surface area contributed by atoms with Crippen molar-refractivity contribution in [1.82, 2.24) is 0 Å². The van der Waals surface area contributed by atoms with Crippen LogP contribution in [-0.2, 0) is 4.79 Å². The Morgan fingerprint density at radius 3 is 2.81 bits per heavy atom. The van der Waals surface area contributed by atoms with Gasteiger partial charge in [0.25, 0.3) is 0 Å². The van der Waals surface area contributed by atoms with Crippen molar-refractivity contribution in [2.24, 2.45) is 4.99 Å². The minimum absolute atomic E-state index is 0.100. The molecule has 2 rings (SSSR count). The van der Waals surface area contributed by atoms with Crippen molar-refractivity contribution in [3.63, 3.8) is 0 Å². The predicted octanol–water partition coefficient (Wildman–Crippen LogP) is 1.21. The number of fused-ring (bicyclic) bond motifs is 1. The Balaban J connectivity index is 2.43. The Bertz CT molecular complexity index is 478. The third-order valence-corrected chi connectivity index (χ3v) is 2.49. The van der Waals surface area contributed by atoms with E-state index < -0.39 is 5.97 Å². The number of carboxylic acid groups (broad SMARTS) is 1. The topological polar surface area (TPSA) is 69.9 Å². The molecule has 0 saturated carbocycles. The zero-order valence-electron chi connectivity index (χ0n) is 8.55. The van der Waals surface area contributed by atoms with Gasteiger partial charge in [-0.05, 0) is 5.57 Å². The van der Waals surface area contributed by atoms with Crippen LogP contribution in [0.25, 0.3) is 0 Å². The standard InChI is InChI=1S/C12H11NO3/c14-7-9-4-2-1-3-8-5-10(12(15)16)6-13-11(8)9/h1-4,6,14H,5,7H2,(H,15,16). The van der Waals surface area contributed by atoms with E-state index in [0.717, 1.165) is 5.57 Å². The molecule has 0 saturated heterocycles. The third kappa shape index (κ3) is 1.87. The van der Waals surface area contributed by atoms with Crippen molar-refractivity contribution in [3.05, 3.63) is 47.2 Å². The number of hydrogen-bond donors (Lipinski definition) is 2. The SMILES string of the molecule is O=C(O)C1=CN=C2C(CO)=CC=CC=C2C1. The molecule has 0 bridgehead atoms. The lowest BCUT2D eigenvalue weighted by Crippen LogP contribution is -2.15. The zero-order valence-corrected chi connectivity index (χ0v) is 8.55. The van der Waals surface area contributed by atoms with E-state index in [1.54, 1.807) is 12.2 Å². The van der Waals surface area contributed by atoms with E-state index in [1.807, 2.05) is 12.2 Å². The van der Waals surface area contributed by atoms with Gasteiger partial charge in [-0.3, -0.25) is 4.99 Å². The second-order valence-electron chi connectivity index (χ2n) is 3.54. The first kappa shape index (κ1) is 10.6. The quantitative estimate of drug-likeness (QED) is 0.730. The molecule has 0 amide bonds. The van der Waals surface area contributed by atoms with E-state index in [9.17, 15) is 9.90 Å². The van der Waals surface area contributed by atoms with Crippen LogP contribution in [0.15, 0.2) is 52.2 Å². The maximum Gasteiger partial charge on any atom is 0.333 e. The molecule has 0 aromatic heterocycles. The summed E-state index contributed by atoms with van der Waals surface area (Å²) in [5.74, 6) is -0.952. The first-order chi connectivity index (χ1) is 7.72. The molecule has 0 aromatic rings. The molecule has 0 atom stereocenters. The second-order valence-corrected chi connectivity index (χ2v) is 3.54. The lowest BCUT2D eigenvalue weighted by molar-refractivity contribution is -0.132. The summed E-state index contributed by atoms with van der Waals surface area (Å²) >= 11 is 0. The summed E-state index contributed by atoms with van der Waals surface area (Å²) in [6.45, 7) is -0.100. The van der Waals surface area contributed by atoms with Crippen molar-refractivity contribution in [2.45, 2.75) is 6.42 Å². The van der Waals surface area contributed by atoms with Gasteiger partial charge in [-0.2, -0.15) is 0 Å². The van der Waals surface area contributed by atoms with Gasteiger partial charge >= 0.3 is 5.97 Å². The third-order valence-electron chi connectivity index (χ3n) is 2.49. The molecule has 0 aromatic carbocycles.